The Hall–Kier alpha value is 0. The maximum Gasteiger partial charge on any atom is 0.0626 e. The Morgan fingerprint density at radius 2 is 1.77 bits per heavy atom. The third-order valence-corrected chi connectivity index (χ3v) is 3.23. The lowest BCUT2D eigenvalue weighted by Crippen LogP contribution is -2.25. The second-order valence-electron chi connectivity index (χ2n) is 4.82. The van der Waals surface area contributed by atoms with Crippen molar-refractivity contribution in [3.63, 3.8) is 0 Å². The number of hydrogen-bond acceptors (Lipinski definition) is 1. The zero-order chi connectivity index (χ0) is 10.5. The molecule has 0 saturated heterocycles. The predicted molar refractivity (Wildman–Crippen MR) is 61.0 cm³/mol. The monoisotopic (exact) mass is 246 g/mol. The van der Waals surface area contributed by atoms with Crippen molar-refractivity contribution >= 4 is 15.9 Å². The fourth-order valence-electron chi connectivity index (χ4n) is 0.663. The highest BCUT2D eigenvalue weighted by molar-refractivity contribution is 9.09. The van der Waals surface area contributed by atoms with E-state index in [1.165, 1.54) is 0 Å². The molecule has 0 rings (SSSR count). The summed E-state index contributed by atoms with van der Waals surface area (Å²) in [6.07, 6.45) is 5.35. The zero-order valence-corrected chi connectivity index (χ0v) is 10.6. The van der Waals surface area contributed by atoms with E-state index in [-0.39, 0.29) is 10.8 Å². The summed E-state index contributed by atoms with van der Waals surface area (Å²) in [5, 5.41) is 0.941. The minimum atomic E-state index is -0.150. The molecule has 0 aromatic rings. The van der Waals surface area contributed by atoms with E-state index in [4.69, 9.17) is 11.2 Å². The number of ether oxygens (including phenoxy) is 1. The third kappa shape index (κ3) is 6.12. The molecule has 1 nitrogen and oxygen atoms in total. The van der Waals surface area contributed by atoms with Gasteiger partial charge in [-0.25, -0.2) is 0 Å². The van der Waals surface area contributed by atoms with Crippen LogP contribution in [0.4, 0.5) is 0 Å². The third-order valence-electron chi connectivity index (χ3n) is 1.71. The quantitative estimate of drug-likeness (QED) is 0.536. The summed E-state index contributed by atoms with van der Waals surface area (Å²) < 4.78 is 5.57. The Bertz CT molecular complexity index is 189. The fourth-order valence-corrected chi connectivity index (χ4v) is 0.825. The molecule has 0 amide bonds. The van der Waals surface area contributed by atoms with E-state index in [2.05, 4.69) is 35.7 Å². The van der Waals surface area contributed by atoms with Gasteiger partial charge in [-0.2, -0.15) is 0 Å². The summed E-state index contributed by atoms with van der Waals surface area (Å²) in [4.78, 5) is 0. The summed E-state index contributed by atoms with van der Waals surface area (Å²) in [7, 11) is 0. The molecule has 0 aromatic carbocycles. The SMILES string of the molecule is C#CC(C)(C)COCC(C)(C)CBr. The van der Waals surface area contributed by atoms with Crippen molar-refractivity contribution in [2.24, 2.45) is 10.8 Å². The summed E-state index contributed by atoms with van der Waals surface area (Å²) in [5.74, 6) is 2.71. The Morgan fingerprint density at radius 1 is 1.23 bits per heavy atom. The Morgan fingerprint density at radius 3 is 2.15 bits per heavy atom. The summed E-state index contributed by atoms with van der Waals surface area (Å²) in [5.41, 5.74) is 0.0348. The Labute approximate surface area is 90.4 Å². The van der Waals surface area contributed by atoms with Crippen LogP contribution in [0.3, 0.4) is 0 Å². The first kappa shape index (κ1) is 13.0. The van der Waals surface area contributed by atoms with E-state index in [0.717, 1.165) is 11.9 Å². The van der Waals surface area contributed by atoms with Crippen molar-refractivity contribution in [2.45, 2.75) is 27.7 Å². The second kappa shape index (κ2) is 5.02. The van der Waals surface area contributed by atoms with Gasteiger partial charge in [-0.15, -0.1) is 6.42 Å². The van der Waals surface area contributed by atoms with Crippen molar-refractivity contribution in [1.29, 1.82) is 0 Å². The van der Waals surface area contributed by atoms with Crippen molar-refractivity contribution in [3.05, 3.63) is 0 Å². The lowest BCUT2D eigenvalue weighted by molar-refractivity contribution is 0.0409. The van der Waals surface area contributed by atoms with Gasteiger partial charge in [0.05, 0.1) is 13.2 Å². The Balaban J connectivity index is 3.76. The molecule has 2 heteroatoms. The van der Waals surface area contributed by atoms with Crippen LogP contribution in [0.2, 0.25) is 0 Å². The van der Waals surface area contributed by atoms with Crippen LogP contribution in [0.15, 0.2) is 0 Å². The molecule has 0 unspecified atom stereocenters. The van der Waals surface area contributed by atoms with E-state index in [0.29, 0.717) is 6.61 Å². The van der Waals surface area contributed by atoms with Crippen LogP contribution in [0, 0.1) is 23.2 Å². The average Bonchev–Trinajstić information content (AvgIpc) is 2.04. The van der Waals surface area contributed by atoms with Gasteiger partial charge < -0.3 is 4.74 Å². The number of terminal acetylenes is 1. The number of hydrogen-bond donors (Lipinski definition) is 0. The van der Waals surface area contributed by atoms with Crippen LogP contribution in [-0.4, -0.2) is 18.5 Å². The largest absolute Gasteiger partial charge is 0.379 e. The number of rotatable bonds is 5. The lowest BCUT2D eigenvalue weighted by atomic mass is 9.95. The van der Waals surface area contributed by atoms with Crippen LogP contribution in [0.5, 0.6) is 0 Å². The highest BCUT2D eigenvalue weighted by atomic mass is 79.9. The smallest absolute Gasteiger partial charge is 0.0626 e. The van der Waals surface area contributed by atoms with Gasteiger partial charge >= 0.3 is 0 Å². The van der Waals surface area contributed by atoms with E-state index in [1.54, 1.807) is 0 Å². The predicted octanol–water partition coefficient (Wildman–Crippen LogP) is 3.08. The summed E-state index contributed by atoms with van der Waals surface area (Å²) in [6.45, 7) is 9.70. The van der Waals surface area contributed by atoms with Gasteiger partial charge in [0.25, 0.3) is 0 Å². The van der Waals surface area contributed by atoms with Gasteiger partial charge in [-0.3, -0.25) is 0 Å². The zero-order valence-electron chi connectivity index (χ0n) is 8.98. The standard InChI is InChI=1S/C11H19BrO/c1-6-10(2,3)8-13-9-11(4,5)7-12/h1H,7-9H2,2-5H3. The maximum absolute atomic E-state index is 5.57. The van der Waals surface area contributed by atoms with Crippen molar-refractivity contribution in [3.8, 4) is 12.3 Å². The molecule has 0 aliphatic rings. The normalized spacial score (nSPS) is 12.6. The van der Waals surface area contributed by atoms with Crippen LogP contribution in [0.1, 0.15) is 27.7 Å². The van der Waals surface area contributed by atoms with Gasteiger partial charge in [0.1, 0.15) is 0 Å². The molecule has 0 aromatic heterocycles. The first-order chi connectivity index (χ1) is 5.83. The van der Waals surface area contributed by atoms with E-state index in [1.807, 2.05) is 13.8 Å². The van der Waals surface area contributed by atoms with E-state index >= 15 is 0 Å². The number of halogens is 1. The summed E-state index contributed by atoms with van der Waals surface area (Å²) >= 11 is 3.45. The topological polar surface area (TPSA) is 9.23 Å². The van der Waals surface area contributed by atoms with Gasteiger partial charge in [-0.1, -0.05) is 35.7 Å². The highest BCUT2D eigenvalue weighted by Crippen LogP contribution is 2.20. The van der Waals surface area contributed by atoms with Gasteiger partial charge in [0, 0.05) is 10.7 Å². The summed E-state index contributed by atoms with van der Waals surface area (Å²) in [6, 6.07) is 0. The molecule has 0 aliphatic carbocycles. The van der Waals surface area contributed by atoms with Crippen LogP contribution >= 0.6 is 15.9 Å². The van der Waals surface area contributed by atoms with Crippen LogP contribution < -0.4 is 0 Å². The molecular weight excluding hydrogens is 228 g/mol. The molecule has 0 aliphatic heterocycles. The van der Waals surface area contributed by atoms with Gasteiger partial charge in [0.15, 0.2) is 0 Å². The molecule has 0 bridgehead atoms. The molecule has 0 N–H and O–H groups in total. The van der Waals surface area contributed by atoms with E-state index < -0.39 is 0 Å². The van der Waals surface area contributed by atoms with Crippen LogP contribution in [0.25, 0.3) is 0 Å². The lowest BCUT2D eigenvalue weighted by Gasteiger charge is -2.24. The minimum absolute atomic E-state index is 0.150. The van der Waals surface area contributed by atoms with Gasteiger partial charge in [-0.05, 0) is 19.3 Å². The molecular formula is C11H19BrO. The first-order valence-electron chi connectivity index (χ1n) is 4.44. The molecule has 13 heavy (non-hydrogen) atoms. The highest BCUT2D eigenvalue weighted by Gasteiger charge is 2.19. The Kier molecular flexibility index (Phi) is 5.02. The molecule has 0 radical (unpaired) electrons. The molecule has 0 heterocycles. The second-order valence-corrected chi connectivity index (χ2v) is 5.38. The fraction of sp³-hybridized carbons (Fsp3) is 0.818. The van der Waals surface area contributed by atoms with Crippen molar-refractivity contribution < 1.29 is 4.74 Å². The molecule has 0 atom stereocenters. The molecule has 76 valence electrons. The first-order valence-corrected chi connectivity index (χ1v) is 5.57. The molecule has 0 saturated carbocycles. The average molecular weight is 247 g/mol. The van der Waals surface area contributed by atoms with Crippen LogP contribution in [-0.2, 0) is 4.74 Å². The maximum atomic E-state index is 5.57. The number of alkyl halides is 1. The molecule has 0 fully saturated rings. The minimum Gasteiger partial charge on any atom is -0.379 e. The molecule has 0 spiro atoms. The van der Waals surface area contributed by atoms with Crippen molar-refractivity contribution in [1.82, 2.24) is 0 Å². The van der Waals surface area contributed by atoms with Crippen molar-refractivity contribution in [2.75, 3.05) is 18.5 Å². The van der Waals surface area contributed by atoms with Gasteiger partial charge in [0.2, 0.25) is 0 Å². The van der Waals surface area contributed by atoms with E-state index in [9.17, 15) is 0 Å².